The van der Waals surface area contributed by atoms with Crippen LogP contribution in [0.4, 0.5) is 17.3 Å². The lowest BCUT2D eigenvalue weighted by atomic mass is 10.2. The number of hydrogen-bond acceptors (Lipinski definition) is 9. The third-order valence-corrected chi connectivity index (χ3v) is 5.35. The number of rotatable bonds is 7. The van der Waals surface area contributed by atoms with Crippen molar-refractivity contribution in [2.24, 2.45) is 7.05 Å². The van der Waals surface area contributed by atoms with E-state index in [9.17, 15) is 9.59 Å². The second kappa shape index (κ2) is 8.78. The number of oxazole rings is 1. The summed E-state index contributed by atoms with van der Waals surface area (Å²) in [6.07, 6.45) is 7.67. The molecule has 5 aromatic heterocycles. The molecule has 13 heteroatoms. The SMILES string of the molecule is CNc1cc(Nc2cccn(-c3ccn(C)n3)c2=O)nc2c(C(=O)N[C@@H](C)c3cnco3)cnn12. The molecule has 5 rings (SSSR count). The Bertz CT molecular complexity index is 1560. The van der Waals surface area contributed by atoms with E-state index >= 15 is 0 Å². The minimum Gasteiger partial charge on any atom is -0.446 e. The van der Waals surface area contributed by atoms with Gasteiger partial charge in [0, 0.05) is 38.6 Å². The third kappa shape index (κ3) is 4.10. The molecule has 0 aromatic carbocycles. The quantitative estimate of drug-likeness (QED) is 0.321. The van der Waals surface area contributed by atoms with E-state index in [2.05, 4.69) is 36.1 Å². The van der Waals surface area contributed by atoms with Crippen LogP contribution in [0, 0.1) is 0 Å². The zero-order valence-electron chi connectivity index (χ0n) is 19.1. The molecule has 0 radical (unpaired) electrons. The molecule has 0 unspecified atom stereocenters. The molecule has 0 bridgehead atoms. The van der Waals surface area contributed by atoms with Crippen LogP contribution in [0.3, 0.4) is 0 Å². The Balaban J connectivity index is 1.49. The lowest BCUT2D eigenvalue weighted by Gasteiger charge is -2.12. The van der Waals surface area contributed by atoms with E-state index in [4.69, 9.17) is 4.42 Å². The van der Waals surface area contributed by atoms with Gasteiger partial charge >= 0.3 is 0 Å². The molecule has 0 spiro atoms. The van der Waals surface area contributed by atoms with Gasteiger partial charge in [-0.2, -0.15) is 14.7 Å². The second-order valence-electron chi connectivity index (χ2n) is 7.74. The number of carbonyl (C=O) groups is 1. The molecule has 0 saturated heterocycles. The number of aryl methyl sites for hydroxylation is 1. The minimum atomic E-state index is -0.403. The van der Waals surface area contributed by atoms with Crippen molar-refractivity contribution >= 4 is 28.9 Å². The van der Waals surface area contributed by atoms with Crippen molar-refractivity contribution in [3.8, 4) is 5.82 Å². The first-order valence-electron chi connectivity index (χ1n) is 10.7. The molecule has 3 N–H and O–H groups in total. The van der Waals surface area contributed by atoms with Crippen molar-refractivity contribution in [2.45, 2.75) is 13.0 Å². The summed E-state index contributed by atoms with van der Waals surface area (Å²) in [5.74, 6) is 1.56. The number of carbonyl (C=O) groups excluding carboxylic acids is 1. The van der Waals surface area contributed by atoms with Gasteiger partial charge in [-0.15, -0.1) is 0 Å². The van der Waals surface area contributed by atoms with Gasteiger partial charge in [-0.3, -0.25) is 18.8 Å². The van der Waals surface area contributed by atoms with Gasteiger partial charge in [0.1, 0.15) is 28.6 Å². The second-order valence-corrected chi connectivity index (χ2v) is 7.74. The Morgan fingerprint density at radius 1 is 1.20 bits per heavy atom. The van der Waals surface area contributed by atoms with Crippen LogP contribution in [-0.4, -0.2) is 46.9 Å². The van der Waals surface area contributed by atoms with E-state index < -0.39 is 6.04 Å². The average Bonchev–Trinajstić information content (AvgIpc) is 3.61. The number of pyridine rings is 1. The monoisotopic (exact) mass is 474 g/mol. The highest BCUT2D eigenvalue weighted by Crippen LogP contribution is 2.22. The number of anilines is 3. The largest absolute Gasteiger partial charge is 0.446 e. The summed E-state index contributed by atoms with van der Waals surface area (Å²) in [6.45, 7) is 1.78. The summed E-state index contributed by atoms with van der Waals surface area (Å²) >= 11 is 0. The summed E-state index contributed by atoms with van der Waals surface area (Å²) in [5, 5.41) is 17.5. The van der Waals surface area contributed by atoms with E-state index in [1.165, 1.54) is 27.9 Å². The fourth-order valence-corrected chi connectivity index (χ4v) is 3.59. The molecule has 0 saturated carbocycles. The summed E-state index contributed by atoms with van der Waals surface area (Å²) in [4.78, 5) is 34.5. The number of amides is 1. The lowest BCUT2D eigenvalue weighted by molar-refractivity contribution is 0.0937. The molecule has 1 atom stereocenters. The van der Waals surface area contributed by atoms with Crippen molar-refractivity contribution in [3.05, 3.63) is 77.1 Å². The molecular weight excluding hydrogens is 452 g/mol. The Labute approximate surface area is 198 Å². The molecule has 5 heterocycles. The highest BCUT2D eigenvalue weighted by atomic mass is 16.3. The number of fused-ring (bicyclic) bond motifs is 1. The predicted octanol–water partition coefficient (Wildman–Crippen LogP) is 1.88. The first kappa shape index (κ1) is 21.9. The fourth-order valence-electron chi connectivity index (χ4n) is 3.59. The first-order chi connectivity index (χ1) is 16.9. The summed E-state index contributed by atoms with van der Waals surface area (Å²) in [7, 11) is 3.50. The maximum atomic E-state index is 13.1. The van der Waals surface area contributed by atoms with Crippen LogP contribution in [0.15, 0.2) is 64.7 Å². The normalized spacial score (nSPS) is 12.0. The third-order valence-electron chi connectivity index (χ3n) is 5.35. The van der Waals surface area contributed by atoms with Gasteiger partial charge in [0.05, 0.1) is 18.4 Å². The van der Waals surface area contributed by atoms with Crippen molar-refractivity contribution in [1.82, 2.24) is 39.2 Å². The number of nitrogens with zero attached hydrogens (tertiary/aromatic N) is 7. The van der Waals surface area contributed by atoms with Gasteiger partial charge < -0.3 is 20.4 Å². The summed E-state index contributed by atoms with van der Waals surface area (Å²) in [6, 6.07) is 6.41. The van der Waals surface area contributed by atoms with Crippen LogP contribution in [0.1, 0.15) is 29.1 Å². The predicted molar refractivity (Wildman–Crippen MR) is 127 cm³/mol. The Morgan fingerprint density at radius 3 is 2.77 bits per heavy atom. The van der Waals surface area contributed by atoms with Gasteiger partial charge in [-0.1, -0.05) is 0 Å². The van der Waals surface area contributed by atoms with Crippen LogP contribution in [0.2, 0.25) is 0 Å². The van der Waals surface area contributed by atoms with Crippen molar-refractivity contribution in [2.75, 3.05) is 17.7 Å². The van der Waals surface area contributed by atoms with E-state index in [-0.39, 0.29) is 17.0 Å². The fraction of sp³-hybridized carbons (Fsp3) is 0.182. The number of hydrogen-bond donors (Lipinski definition) is 3. The number of aromatic nitrogens is 7. The number of nitrogens with one attached hydrogen (secondary N) is 3. The van der Waals surface area contributed by atoms with Crippen LogP contribution in [0.5, 0.6) is 0 Å². The highest BCUT2D eigenvalue weighted by Gasteiger charge is 2.20. The molecular formula is C22H22N10O3. The van der Waals surface area contributed by atoms with Crippen LogP contribution in [0.25, 0.3) is 11.5 Å². The summed E-state index contributed by atoms with van der Waals surface area (Å²) in [5.41, 5.74) is 0.561. The molecule has 0 aliphatic heterocycles. The van der Waals surface area contributed by atoms with Gasteiger partial charge in [-0.25, -0.2) is 9.97 Å². The Morgan fingerprint density at radius 2 is 2.06 bits per heavy atom. The molecule has 178 valence electrons. The van der Waals surface area contributed by atoms with Crippen molar-refractivity contribution in [3.63, 3.8) is 0 Å². The van der Waals surface area contributed by atoms with E-state index in [1.807, 2.05) is 0 Å². The smallest absolute Gasteiger partial charge is 0.280 e. The van der Waals surface area contributed by atoms with Gasteiger partial charge in [-0.05, 0) is 19.1 Å². The zero-order valence-corrected chi connectivity index (χ0v) is 19.1. The standard InChI is InChI=1S/C22H22N10O3/c1-13(16-11-24-12-35-16)26-21(33)14-10-25-32-19(23-2)9-17(28-20(14)32)27-15-5-4-7-31(22(15)34)18-6-8-30(3)29-18/h4-13,23H,1-3H3,(H,26,33)(H,27,28)/t13-/m0/s1. The molecule has 13 nitrogen and oxygen atoms in total. The minimum absolute atomic E-state index is 0.260. The molecule has 0 aliphatic carbocycles. The van der Waals surface area contributed by atoms with Gasteiger partial charge in [0.25, 0.3) is 11.5 Å². The van der Waals surface area contributed by atoms with E-state index in [1.54, 1.807) is 62.4 Å². The van der Waals surface area contributed by atoms with Crippen LogP contribution in [-0.2, 0) is 7.05 Å². The Hall–Kier alpha value is -4.94. The molecule has 35 heavy (non-hydrogen) atoms. The maximum absolute atomic E-state index is 13.1. The van der Waals surface area contributed by atoms with E-state index in [0.717, 1.165) is 0 Å². The highest BCUT2D eigenvalue weighted by molar-refractivity contribution is 6.00. The first-order valence-corrected chi connectivity index (χ1v) is 10.7. The van der Waals surface area contributed by atoms with Crippen molar-refractivity contribution in [1.29, 1.82) is 0 Å². The van der Waals surface area contributed by atoms with Gasteiger partial charge in [0.2, 0.25) is 0 Å². The molecule has 0 fully saturated rings. The van der Waals surface area contributed by atoms with Crippen molar-refractivity contribution < 1.29 is 9.21 Å². The summed E-state index contributed by atoms with van der Waals surface area (Å²) < 4.78 is 9.82. The molecule has 0 aliphatic rings. The molecule has 1 amide bonds. The maximum Gasteiger partial charge on any atom is 0.280 e. The topological polar surface area (TPSA) is 149 Å². The molecule has 5 aromatic rings. The van der Waals surface area contributed by atoms with Crippen LogP contribution < -0.4 is 21.5 Å². The van der Waals surface area contributed by atoms with Crippen LogP contribution >= 0.6 is 0 Å². The zero-order chi connectivity index (χ0) is 24.5. The Kier molecular flexibility index (Phi) is 5.49. The lowest BCUT2D eigenvalue weighted by Crippen LogP contribution is -2.26. The van der Waals surface area contributed by atoms with Gasteiger partial charge in [0.15, 0.2) is 17.9 Å². The average molecular weight is 474 g/mol. The van der Waals surface area contributed by atoms with E-state index in [0.29, 0.717) is 34.5 Å².